The van der Waals surface area contributed by atoms with Gasteiger partial charge >= 0.3 is 0 Å². The Morgan fingerprint density at radius 1 is 1.38 bits per heavy atom. The second kappa shape index (κ2) is 3.08. The van der Waals surface area contributed by atoms with Gasteiger partial charge in [-0.2, -0.15) is 0 Å². The molecule has 0 aliphatic rings. The summed E-state index contributed by atoms with van der Waals surface area (Å²) >= 11 is 0. The number of nitrogens with one attached hydrogen (secondary N) is 1. The molecule has 0 rings (SSSR count). The third kappa shape index (κ3) is 5.96. The Balaban J connectivity index is 3.11. The lowest BCUT2D eigenvalue weighted by Crippen LogP contribution is -2.14. The van der Waals surface area contributed by atoms with Crippen molar-refractivity contribution in [2.24, 2.45) is 5.41 Å². The predicted molar refractivity (Wildman–Crippen MR) is 36.4 cm³/mol. The predicted octanol–water partition coefficient (Wildman–Crippen LogP) is 1.68. The lowest BCUT2D eigenvalue weighted by atomic mass is 9.92. The van der Waals surface area contributed by atoms with Gasteiger partial charge in [0.15, 0.2) is 0 Å². The summed E-state index contributed by atoms with van der Waals surface area (Å²) in [4.78, 5) is 0. The molecule has 0 spiro atoms. The molecule has 0 aromatic heterocycles. The molecule has 0 aromatic rings. The van der Waals surface area contributed by atoms with Crippen molar-refractivity contribution in [3.63, 3.8) is 0 Å². The van der Waals surface area contributed by atoms with E-state index in [2.05, 4.69) is 26.1 Å². The zero-order chi connectivity index (χ0) is 6.62. The minimum atomic E-state index is 0.409. The van der Waals surface area contributed by atoms with Crippen molar-refractivity contribution in [1.29, 1.82) is 0 Å². The molecule has 2 radical (unpaired) electrons. The van der Waals surface area contributed by atoms with E-state index in [4.69, 9.17) is 7.05 Å². The van der Waals surface area contributed by atoms with Crippen LogP contribution in [0.3, 0.4) is 0 Å². The summed E-state index contributed by atoms with van der Waals surface area (Å²) in [5, 5.41) is 2.62. The highest BCUT2D eigenvalue weighted by Crippen LogP contribution is 2.16. The molecule has 0 atom stereocenters. The zero-order valence-corrected chi connectivity index (χ0v) is 5.99. The second-order valence-electron chi connectivity index (χ2n) is 3.26. The van der Waals surface area contributed by atoms with E-state index in [-0.39, 0.29) is 0 Å². The molecule has 0 aliphatic carbocycles. The second-order valence-corrected chi connectivity index (χ2v) is 3.26. The van der Waals surface area contributed by atoms with Crippen LogP contribution in [0.4, 0.5) is 0 Å². The average Bonchev–Trinajstić information content (AvgIpc) is 1.59. The molecule has 0 heterocycles. The van der Waals surface area contributed by atoms with E-state index in [1.165, 1.54) is 0 Å². The molecule has 0 saturated carbocycles. The van der Waals surface area contributed by atoms with Crippen LogP contribution in [0.25, 0.3) is 0 Å². The summed E-state index contributed by atoms with van der Waals surface area (Å²) in [6.45, 7) is 7.50. The lowest BCUT2D eigenvalue weighted by Gasteiger charge is -2.16. The zero-order valence-electron chi connectivity index (χ0n) is 5.99. The van der Waals surface area contributed by atoms with Crippen LogP contribution in [0.15, 0.2) is 0 Å². The summed E-state index contributed by atoms with van der Waals surface area (Å²) in [6.07, 6.45) is 1.13. The molecule has 1 nitrogen and oxygen atoms in total. The fourth-order valence-electron chi connectivity index (χ4n) is 0.447. The van der Waals surface area contributed by atoms with Crippen LogP contribution in [0.1, 0.15) is 27.2 Å². The number of hydrogen-bond donors (Lipinski definition) is 1. The molecule has 0 unspecified atom stereocenters. The van der Waals surface area contributed by atoms with Gasteiger partial charge in [0, 0.05) is 7.05 Å². The first kappa shape index (κ1) is 7.96. The first-order valence-electron chi connectivity index (χ1n) is 3.00. The Labute approximate surface area is 52.5 Å². The highest BCUT2D eigenvalue weighted by molar-refractivity contribution is 4.62. The van der Waals surface area contributed by atoms with Crippen molar-refractivity contribution in [2.75, 3.05) is 6.54 Å². The molecular formula is C7H15N. The summed E-state index contributed by atoms with van der Waals surface area (Å²) in [7, 11) is 5.09. The van der Waals surface area contributed by atoms with E-state index in [0.717, 1.165) is 13.0 Å². The monoisotopic (exact) mass is 113 g/mol. The minimum Gasteiger partial charge on any atom is -0.311 e. The minimum absolute atomic E-state index is 0.409. The Morgan fingerprint density at radius 3 is 2.00 bits per heavy atom. The molecule has 0 aliphatic heterocycles. The van der Waals surface area contributed by atoms with Gasteiger partial charge in [0.05, 0.1) is 0 Å². The summed E-state index contributed by atoms with van der Waals surface area (Å²) in [5.74, 6) is 0. The van der Waals surface area contributed by atoms with E-state index < -0.39 is 0 Å². The Hall–Kier alpha value is -0.0400. The molecule has 48 valence electrons. The van der Waals surface area contributed by atoms with Gasteiger partial charge in [0.1, 0.15) is 0 Å². The van der Waals surface area contributed by atoms with Gasteiger partial charge in [0.2, 0.25) is 0 Å². The SMILES string of the molecule is [CH]NCCC(C)(C)C. The van der Waals surface area contributed by atoms with Crippen LogP contribution in [-0.2, 0) is 0 Å². The van der Waals surface area contributed by atoms with E-state index in [1.807, 2.05) is 0 Å². The maximum absolute atomic E-state index is 5.09. The topological polar surface area (TPSA) is 12.0 Å². The van der Waals surface area contributed by atoms with Gasteiger partial charge in [-0.1, -0.05) is 20.8 Å². The molecule has 8 heavy (non-hydrogen) atoms. The molecule has 0 aromatic carbocycles. The third-order valence-corrected chi connectivity index (χ3v) is 1.02. The lowest BCUT2D eigenvalue weighted by molar-refractivity contribution is 0.375. The molecular weight excluding hydrogens is 98.1 g/mol. The molecule has 0 fully saturated rings. The molecule has 0 bridgehead atoms. The van der Waals surface area contributed by atoms with Crippen LogP contribution in [-0.4, -0.2) is 6.54 Å². The standard InChI is InChI=1S/C7H15N/c1-7(2,3)5-6-8-4/h4,8H,5-6H2,1-3H3. The van der Waals surface area contributed by atoms with Gasteiger partial charge in [-0.15, -0.1) is 0 Å². The normalized spacial score (nSPS) is 12.0. The van der Waals surface area contributed by atoms with Crippen molar-refractivity contribution in [1.82, 2.24) is 5.32 Å². The fraction of sp³-hybridized carbons (Fsp3) is 0.857. The van der Waals surface area contributed by atoms with Crippen molar-refractivity contribution >= 4 is 0 Å². The largest absolute Gasteiger partial charge is 0.311 e. The molecule has 1 heteroatoms. The van der Waals surface area contributed by atoms with Crippen LogP contribution < -0.4 is 5.32 Å². The molecule has 1 N–H and O–H groups in total. The number of hydrogen-bond acceptors (Lipinski definition) is 1. The van der Waals surface area contributed by atoms with Crippen molar-refractivity contribution in [3.8, 4) is 0 Å². The van der Waals surface area contributed by atoms with Crippen LogP contribution >= 0.6 is 0 Å². The van der Waals surface area contributed by atoms with Gasteiger partial charge in [0.25, 0.3) is 0 Å². The van der Waals surface area contributed by atoms with E-state index in [9.17, 15) is 0 Å². The van der Waals surface area contributed by atoms with Gasteiger partial charge in [-0.05, 0) is 18.4 Å². The highest BCUT2D eigenvalue weighted by atomic mass is 14.8. The average molecular weight is 113 g/mol. The Morgan fingerprint density at radius 2 is 1.88 bits per heavy atom. The fourth-order valence-corrected chi connectivity index (χ4v) is 0.447. The first-order chi connectivity index (χ1) is 3.56. The molecule has 0 saturated heterocycles. The van der Waals surface area contributed by atoms with Gasteiger partial charge < -0.3 is 5.32 Å². The van der Waals surface area contributed by atoms with Gasteiger partial charge in [-0.3, -0.25) is 0 Å². The van der Waals surface area contributed by atoms with Gasteiger partial charge in [-0.25, -0.2) is 0 Å². The first-order valence-corrected chi connectivity index (χ1v) is 3.00. The van der Waals surface area contributed by atoms with Crippen molar-refractivity contribution in [2.45, 2.75) is 27.2 Å². The van der Waals surface area contributed by atoms with E-state index in [1.54, 1.807) is 0 Å². The van der Waals surface area contributed by atoms with Crippen molar-refractivity contribution in [3.05, 3.63) is 7.05 Å². The summed E-state index contributed by atoms with van der Waals surface area (Å²) in [6, 6.07) is 0. The Bertz CT molecular complexity index is 51.9. The smallest absolute Gasteiger partial charge is 0.0407 e. The highest BCUT2D eigenvalue weighted by Gasteiger charge is 2.07. The quantitative estimate of drug-likeness (QED) is 0.537. The van der Waals surface area contributed by atoms with E-state index in [0.29, 0.717) is 5.41 Å². The maximum atomic E-state index is 5.09. The van der Waals surface area contributed by atoms with E-state index >= 15 is 0 Å². The van der Waals surface area contributed by atoms with Crippen LogP contribution in [0.5, 0.6) is 0 Å². The number of rotatable bonds is 2. The van der Waals surface area contributed by atoms with Crippen LogP contribution in [0.2, 0.25) is 0 Å². The third-order valence-electron chi connectivity index (χ3n) is 1.02. The molecule has 0 amide bonds. The Kier molecular flexibility index (Phi) is 3.06. The summed E-state index contributed by atoms with van der Waals surface area (Å²) < 4.78 is 0. The van der Waals surface area contributed by atoms with Crippen LogP contribution in [0, 0.1) is 12.5 Å². The summed E-state index contributed by atoms with van der Waals surface area (Å²) in [5.41, 5.74) is 0.409. The van der Waals surface area contributed by atoms with Crippen molar-refractivity contribution < 1.29 is 0 Å². The maximum Gasteiger partial charge on any atom is 0.0407 e.